The lowest BCUT2D eigenvalue weighted by atomic mass is 9.95. The molecule has 2 aromatic rings. The highest BCUT2D eigenvalue weighted by Gasteiger charge is 2.25. The second kappa shape index (κ2) is 7.90. The fraction of sp³-hybridized carbons (Fsp3) is 0.316. The zero-order valence-electron chi connectivity index (χ0n) is 13.3. The Kier molecular flexibility index (Phi) is 5.90. The summed E-state index contributed by atoms with van der Waals surface area (Å²) in [7, 11) is 0. The zero-order valence-corrected chi connectivity index (χ0v) is 13.3. The summed E-state index contributed by atoms with van der Waals surface area (Å²) in [5, 5.41) is 22.1. The van der Waals surface area contributed by atoms with E-state index >= 15 is 0 Å². The number of hydrogen-bond acceptors (Lipinski definition) is 3. The van der Waals surface area contributed by atoms with E-state index in [0.717, 1.165) is 11.1 Å². The number of hydrogen-bond donors (Lipinski definition) is 3. The molecule has 4 heteroatoms. The number of rotatable bonds is 7. The van der Waals surface area contributed by atoms with Crippen LogP contribution in [0.1, 0.15) is 36.9 Å². The van der Waals surface area contributed by atoms with E-state index in [0.29, 0.717) is 0 Å². The van der Waals surface area contributed by atoms with Crippen LogP contribution in [0.15, 0.2) is 60.7 Å². The number of carbonyl (C=O) groups excluding carboxylic acids is 1. The SMILES string of the molecule is CC(O)(CCO)CC(=O)NC(c1ccccc1)c1ccccc1. The van der Waals surface area contributed by atoms with Crippen LogP contribution in [-0.2, 0) is 4.79 Å². The normalized spacial score (nSPS) is 13.6. The van der Waals surface area contributed by atoms with Gasteiger partial charge in [-0.15, -0.1) is 0 Å². The third-order valence-corrected chi connectivity index (χ3v) is 3.76. The van der Waals surface area contributed by atoms with Crippen molar-refractivity contribution in [3.63, 3.8) is 0 Å². The van der Waals surface area contributed by atoms with E-state index in [-0.39, 0.29) is 31.4 Å². The van der Waals surface area contributed by atoms with Gasteiger partial charge in [0.2, 0.25) is 5.91 Å². The predicted molar refractivity (Wildman–Crippen MR) is 89.8 cm³/mol. The monoisotopic (exact) mass is 313 g/mol. The number of amides is 1. The third-order valence-electron chi connectivity index (χ3n) is 3.76. The summed E-state index contributed by atoms with van der Waals surface area (Å²) in [5.74, 6) is -0.249. The molecule has 122 valence electrons. The van der Waals surface area contributed by atoms with E-state index in [4.69, 9.17) is 5.11 Å². The van der Waals surface area contributed by atoms with Crippen LogP contribution in [-0.4, -0.2) is 28.3 Å². The maximum atomic E-state index is 12.3. The molecule has 0 aliphatic carbocycles. The minimum Gasteiger partial charge on any atom is -0.396 e. The first-order valence-electron chi connectivity index (χ1n) is 7.74. The molecule has 0 heterocycles. The van der Waals surface area contributed by atoms with Crippen molar-refractivity contribution in [2.75, 3.05) is 6.61 Å². The summed E-state index contributed by atoms with van der Waals surface area (Å²) < 4.78 is 0. The van der Waals surface area contributed by atoms with E-state index in [1.54, 1.807) is 6.92 Å². The van der Waals surface area contributed by atoms with Crippen LogP contribution < -0.4 is 5.32 Å². The van der Waals surface area contributed by atoms with Crippen LogP contribution >= 0.6 is 0 Å². The second-order valence-electron chi connectivity index (χ2n) is 5.97. The average molecular weight is 313 g/mol. The Hall–Kier alpha value is -2.17. The van der Waals surface area contributed by atoms with Gasteiger partial charge in [0, 0.05) is 6.61 Å². The summed E-state index contributed by atoms with van der Waals surface area (Å²) in [6, 6.07) is 19.2. The van der Waals surface area contributed by atoms with Crippen LogP contribution in [0.5, 0.6) is 0 Å². The fourth-order valence-electron chi connectivity index (χ4n) is 2.54. The van der Waals surface area contributed by atoms with Gasteiger partial charge in [-0.2, -0.15) is 0 Å². The van der Waals surface area contributed by atoms with E-state index < -0.39 is 5.60 Å². The van der Waals surface area contributed by atoms with Crippen LogP contribution in [0, 0.1) is 0 Å². The minimum absolute atomic E-state index is 0.0519. The van der Waals surface area contributed by atoms with Gasteiger partial charge in [-0.05, 0) is 24.5 Å². The first-order valence-corrected chi connectivity index (χ1v) is 7.74. The molecule has 0 spiro atoms. The van der Waals surface area contributed by atoms with Gasteiger partial charge in [-0.25, -0.2) is 0 Å². The highest BCUT2D eigenvalue weighted by molar-refractivity contribution is 5.78. The predicted octanol–water partition coefficient (Wildman–Crippen LogP) is 2.42. The van der Waals surface area contributed by atoms with Gasteiger partial charge >= 0.3 is 0 Å². The van der Waals surface area contributed by atoms with Gasteiger partial charge in [-0.3, -0.25) is 4.79 Å². The van der Waals surface area contributed by atoms with E-state index in [1.165, 1.54) is 0 Å². The molecule has 3 N–H and O–H groups in total. The molecule has 1 amide bonds. The number of benzene rings is 2. The molecule has 1 unspecified atom stereocenters. The summed E-state index contributed by atoms with van der Waals surface area (Å²) >= 11 is 0. The standard InChI is InChI=1S/C19H23NO3/c1-19(23,12-13-21)14-17(22)20-18(15-8-4-2-5-9-15)16-10-6-3-7-11-16/h2-11,18,21,23H,12-14H2,1H3,(H,20,22). The molecule has 0 bridgehead atoms. The lowest BCUT2D eigenvalue weighted by molar-refractivity contribution is -0.126. The highest BCUT2D eigenvalue weighted by atomic mass is 16.3. The molecule has 0 radical (unpaired) electrons. The zero-order chi connectivity index (χ0) is 16.7. The van der Waals surface area contributed by atoms with Gasteiger partial charge in [0.1, 0.15) is 0 Å². The van der Waals surface area contributed by atoms with Crippen LogP contribution in [0.3, 0.4) is 0 Å². The summed E-state index contributed by atoms with van der Waals surface area (Å²) in [6.07, 6.45) is 0.117. The van der Waals surface area contributed by atoms with Crippen molar-refractivity contribution in [1.29, 1.82) is 0 Å². The van der Waals surface area contributed by atoms with Gasteiger partial charge in [-0.1, -0.05) is 60.7 Å². The number of carbonyl (C=O) groups is 1. The lowest BCUT2D eigenvalue weighted by Crippen LogP contribution is -2.37. The average Bonchev–Trinajstić information content (AvgIpc) is 2.53. The molecule has 0 saturated carbocycles. The summed E-state index contributed by atoms with van der Waals surface area (Å²) in [6.45, 7) is 1.41. The van der Waals surface area contributed by atoms with E-state index in [1.807, 2.05) is 60.7 Å². The molecule has 2 aromatic carbocycles. The van der Waals surface area contributed by atoms with Crippen molar-refractivity contribution in [2.24, 2.45) is 0 Å². The van der Waals surface area contributed by atoms with Gasteiger partial charge < -0.3 is 15.5 Å². The van der Waals surface area contributed by atoms with E-state index in [2.05, 4.69) is 5.32 Å². The van der Waals surface area contributed by atoms with Crippen molar-refractivity contribution in [2.45, 2.75) is 31.4 Å². The number of aliphatic hydroxyl groups excluding tert-OH is 1. The first kappa shape index (κ1) is 17.2. The fourth-order valence-corrected chi connectivity index (χ4v) is 2.54. The minimum atomic E-state index is -1.21. The first-order chi connectivity index (χ1) is 11.0. The number of aliphatic hydroxyl groups is 2. The highest BCUT2D eigenvalue weighted by Crippen LogP contribution is 2.23. The number of nitrogens with one attached hydrogen (secondary N) is 1. The Morgan fingerprint density at radius 1 is 1.04 bits per heavy atom. The smallest absolute Gasteiger partial charge is 0.223 e. The maximum absolute atomic E-state index is 12.3. The van der Waals surface area contributed by atoms with Crippen molar-refractivity contribution >= 4 is 5.91 Å². The Labute approximate surface area is 136 Å². The molecule has 0 aromatic heterocycles. The Bertz CT molecular complexity index is 572. The summed E-state index contributed by atoms with van der Waals surface area (Å²) in [4.78, 5) is 12.3. The van der Waals surface area contributed by atoms with Crippen LogP contribution in [0.4, 0.5) is 0 Å². The van der Waals surface area contributed by atoms with Gasteiger partial charge in [0.15, 0.2) is 0 Å². The maximum Gasteiger partial charge on any atom is 0.223 e. The van der Waals surface area contributed by atoms with Crippen molar-refractivity contribution in [3.8, 4) is 0 Å². The largest absolute Gasteiger partial charge is 0.396 e. The molecule has 0 aliphatic heterocycles. The van der Waals surface area contributed by atoms with Crippen molar-refractivity contribution < 1.29 is 15.0 Å². The van der Waals surface area contributed by atoms with Gasteiger partial charge in [0.25, 0.3) is 0 Å². The van der Waals surface area contributed by atoms with Crippen molar-refractivity contribution in [3.05, 3.63) is 71.8 Å². The van der Waals surface area contributed by atoms with Crippen LogP contribution in [0.2, 0.25) is 0 Å². The van der Waals surface area contributed by atoms with Crippen LogP contribution in [0.25, 0.3) is 0 Å². The Morgan fingerprint density at radius 2 is 1.52 bits per heavy atom. The Balaban J connectivity index is 2.18. The molecular formula is C19H23NO3. The molecule has 2 rings (SSSR count). The molecule has 0 saturated heterocycles. The summed E-state index contributed by atoms with van der Waals surface area (Å²) in [5.41, 5.74) is 0.749. The lowest BCUT2D eigenvalue weighted by Gasteiger charge is -2.25. The van der Waals surface area contributed by atoms with E-state index in [9.17, 15) is 9.90 Å². The molecular weight excluding hydrogens is 290 g/mol. The topological polar surface area (TPSA) is 69.6 Å². The molecule has 4 nitrogen and oxygen atoms in total. The van der Waals surface area contributed by atoms with Crippen molar-refractivity contribution in [1.82, 2.24) is 5.32 Å². The quantitative estimate of drug-likeness (QED) is 0.735. The molecule has 23 heavy (non-hydrogen) atoms. The third kappa shape index (κ3) is 5.20. The van der Waals surface area contributed by atoms with Gasteiger partial charge in [0.05, 0.1) is 18.1 Å². The second-order valence-corrected chi connectivity index (χ2v) is 5.97. The molecule has 0 aliphatic rings. The molecule has 1 atom stereocenters. The molecule has 0 fully saturated rings. The Morgan fingerprint density at radius 3 is 1.96 bits per heavy atom.